The van der Waals surface area contributed by atoms with Crippen LogP contribution in [-0.4, -0.2) is 48.5 Å². The summed E-state index contributed by atoms with van der Waals surface area (Å²) in [6.07, 6.45) is 0.629. The van der Waals surface area contributed by atoms with Crippen molar-refractivity contribution in [3.05, 3.63) is 28.2 Å². The summed E-state index contributed by atoms with van der Waals surface area (Å²) in [7, 11) is -3.16. The standard InChI is InChI=1S/C15H15Cl2N3O4S/c16-9-5-10(17)7-11(6-9)18-15(22)13-1-2-14(21)20(19-13)12-3-4-25(23,24)8-12/h5-7,12H,1-4,8H2,(H,18,22)/t12-/m1/s1. The SMILES string of the molecule is O=C(Nc1cc(Cl)cc(Cl)c1)C1=NN([C@@H]2CCS(=O)(=O)C2)C(=O)CC1. The largest absolute Gasteiger partial charge is 0.321 e. The predicted octanol–water partition coefficient (Wildman–Crippen LogP) is 2.10. The number of carbonyl (C=O) groups excluding carboxylic acids is 2. The number of carbonyl (C=O) groups is 2. The summed E-state index contributed by atoms with van der Waals surface area (Å²) in [6.45, 7) is 0. The van der Waals surface area contributed by atoms with Gasteiger partial charge in [-0.1, -0.05) is 23.2 Å². The average molecular weight is 404 g/mol. The molecule has 3 rings (SSSR count). The minimum absolute atomic E-state index is 0.0273. The van der Waals surface area contributed by atoms with Gasteiger partial charge in [0.1, 0.15) is 5.71 Å². The van der Waals surface area contributed by atoms with E-state index in [4.69, 9.17) is 23.2 Å². The van der Waals surface area contributed by atoms with Crippen LogP contribution in [0.4, 0.5) is 5.69 Å². The van der Waals surface area contributed by atoms with E-state index in [1.165, 1.54) is 6.07 Å². The fraction of sp³-hybridized carbons (Fsp3) is 0.400. The van der Waals surface area contributed by atoms with Crippen molar-refractivity contribution in [1.82, 2.24) is 5.01 Å². The molecule has 0 radical (unpaired) electrons. The summed E-state index contributed by atoms with van der Waals surface area (Å²) in [6, 6.07) is 4.11. The average Bonchev–Trinajstić information content (AvgIpc) is 2.86. The molecule has 0 spiro atoms. The second kappa shape index (κ2) is 6.93. The van der Waals surface area contributed by atoms with Gasteiger partial charge >= 0.3 is 0 Å². The van der Waals surface area contributed by atoms with Gasteiger partial charge in [-0.2, -0.15) is 5.10 Å². The van der Waals surface area contributed by atoms with Gasteiger partial charge in [0, 0.05) is 28.6 Å². The second-order valence-corrected chi connectivity index (χ2v) is 9.06. The van der Waals surface area contributed by atoms with Crippen molar-refractivity contribution in [3.8, 4) is 0 Å². The molecule has 10 heteroatoms. The fourth-order valence-corrected chi connectivity index (χ4v) is 5.04. The molecular formula is C15H15Cl2N3O4S. The molecule has 1 saturated heterocycles. The van der Waals surface area contributed by atoms with Crippen molar-refractivity contribution in [2.75, 3.05) is 16.8 Å². The van der Waals surface area contributed by atoms with Gasteiger partial charge in [-0.15, -0.1) is 0 Å². The summed E-state index contributed by atoms with van der Waals surface area (Å²) >= 11 is 11.8. The van der Waals surface area contributed by atoms with Crippen molar-refractivity contribution < 1.29 is 18.0 Å². The van der Waals surface area contributed by atoms with E-state index < -0.39 is 21.8 Å². The normalized spacial score (nSPS) is 22.6. The van der Waals surface area contributed by atoms with Crippen LogP contribution in [0.2, 0.25) is 10.0 Å². The Morgan fingerprint density at radius 3 is 2.48 bits per heavy atom. The molecule has 0 unspecified atom stereocenters. The number of amides is 2. The highest BCUT2D eigenvalue weighted by molar-refractivity contribution is 7.91. The van der Waals surface area contributed by atoms with Gasteiger partial charge in [-0.25, -0.2) is 13.4 Å². The smallest absolute Gasteiger partial charge is 0.271 e. The fourth-order valence-electron chi connectivity index (χ4n) is 2.82. The van der Waals surface area contributed by atoms with E-state index in [1.807, 2.05) is 0 Å². The molecule has 0 saturated carbocycles. The van der Waals surface area contributed by atoms with Crippen molar-refractivity contribution >= 4 is 56.3 Å². The maximum absolute atomic E-state index is 12.4. The van der Waals surface area contributed by atoms with Crippen LogP contribution < -0.4 is 5.32 Å². The minimum atomic E-state index is -3.16. The van der Waals surface area contributed by atoms with Crippen LogP contribution >= 0.6 is 23.2 Å². The van der Waals surface area contributed by atoms with Crippen molar-refractivity contribution in [2.45, 2.75) is 25.3 Å². The Labute approximate surface area is 154 Å². The minimum Gasteiger partial charge on any atom is -0.321 e. The van der Waals surface area contributed by atoms with Crippen LogP contribution in [0, 0.1) is 0 Å². The van der Waals surface area contributed by atoms with E-state index in [9.17, 15) is 18.0 Å². The summed E-state index contributed by atoms with van der Waals surface area (Å²) in [5, 5.41) is 8.65. The number of nitrogens with zero attached hydrogens (tertiary/aromatic N) is 2. The first kappa shape index (κ1) is 18.2. The number of anilines is 1. The zero-order valence-corrected chi connectivity index (χ0v) is 15.4. The topological polar surface area (TPSA) is 95.9 Å². The first-order chi connectivity index (χ1) is 11.7. The Kier molecular flexibility index (Phi) is 5.04. The Bertz CT molecular complexity index is 849. The lowest BCUT2D eigenvalue weighted by atomic mass is 10.1. The lowest BCUT2D eigenvalue weighted by Gasteiger charge is -2.27. The third kappa shape index (κ3) is 4.31. The number of nitrogens with one attached hydrogen (secondary N) is 1. The van der Waals surface area contributed by atoms with Crippen LogP contribution in [-0.2, 0) is 19.4 Å². The number of sulfone groups is 1. The van der Waals surface area contributed by atoms with Crippen LogP contribution in [0.3, 0.4) is 0 Å². The van der Waals surface area contributed by atoms with Gasteiger partial charge in [-0.05, 0) is 24.6 Å². The van der Waals surface area contributed by atoms with E-state index in [2.05, 4.69) is 10.4 Å². The second-order valence-electron chi connectivity index (χ2n) is 5.95. The number of rotatable bonds is 3. The molecule has 7 nitrogen and oxygen atoms in total. The predicted molar refractivity (Wildman–Crippen MR) is 95.7 cm³/mol. The Hall–Kier alpha value is -1.64. The molecule has 0 aromatic heterocycles. The molecule has 0 aliphatic carbocycles. The molecule has 0 bridgehead atoms. The number of benzene rings is 1. The highest BCUT2D eigenvalue weighted by Crippen LogP contribution is 2.24. The van der Waals surface area contributed by atoms with Gasteiger partial charge in [0.2, 0.25) is 5.91 Å². The summed E-state index contributed by atoms with van der Waals surface area (Å²) in [4.78, 5) is 24.5. The quantitative estimate of drug-likeness (QED) is 0.835. The van der Waals surface area contributed by atoms with E-state index in [-0.39, 0.29) is 36.0 Å². The maximum atomic E-state index is 12.4. The van der Waals surface area contributed by atoms with E-state index in [1.54, 1.807) is 12.1 Å². The maximum Gasteiger partial charge on any atom is 0.271 e. The molecule has 1 fully saturated rings. The van der Waals surface area contributed by atoms with Crippen LogP contribution in [0.1, 0.15) is 19.3 Å². The molecule has 2 amide bonds. The van der Waals surface area contributed by atoms with Crippen LogP contribution in [0.15, 0.2) is 23.3 Å². The molecule has 2 aliphatic heterocycles. The van der Waals surface area contributed by atoms with Crippen molar-refractivity contribution in [2.24, 2.45) is 5.10 Å². The highest BCUT2D eigenvalue weighted by Gasteiger charge is 2.37. The van der Waals surface area contributed by atoms with Crippen molar-refractivity contribution in [3.63, 3.8) is 0 Å². The summed E-state index contributed by atoms with van der Waals surface area (Å²) < 4.78 is 23.2. The highest BCUT2D eigenvalue weighted by atomic mass is 35.5. The molecule has 1 aromatic rings. The third-order valence-electron chi connectivity index (χ3n) is 4.00. The van der Waals surface area contributed by atoms with E-state index >= 15 is 0 Å². The van der Waals surface area contributed by atoms with Gasteiger partial charge in [0.15, 0.2) is 9.84 Å². The molecule has 2 heterocycles. The van der Waals surface area contributed by atoms with E-state index in [0.29, 0.717) is 22.2 Å². The molecule has 1 aromatic carbocycles. The molecule has 134 valence electrons. The van der Waals surface area contributed by atoms with Gasteiger partial charge in [0.05, 0.1) is 17.5 Å². The van der Waals surface area contributed by atoms with Gasteiger partial charge < -0.3 is 5.32 Å². The first-order valence-corrected chi connectivity index (χ1v) is 10.2. The zero-order chi connectivity index (χ0) is 18.2. The lowest BCUT2D eigenvalue weighted by Crippen LogP contribution is -2.42. The Morgan fingerprint density at radius 2 is 1.88 bits per heavy atom. The molecule has 1 atom stereocenters. The molecule has 25 heavy (non-hydrogen) atoms. The molecular weight excluding hydrogens is 389 g/mol. The van der Waals surface area contributed by atoms with E-state index in [0.717, 1.165) is 5.01 Å². The monoisotopic (exact) mass is 403 g/mol. The number of hydrogen-bond donors (Lipinski definition) is 1. The van der Waals surface area contributed by atoms with Gasteiger partial charge in [0.25, 0.3) is 5.91 Å². The summed E-state index contributed by atoms with van der Waals surface area (Å²) in [5.74, 6) is -0.846. The third-order valence-corrected chi connectivity index (χ3v) is 6.18. The molecule has 1 N–H and O–H groups in total. The Balaban J connectivity index is 1.77. The number of halogens is 2. The zero-order valence-electron chi connectivity index (χ0n) is 13.0. The van der Waals surface area contributed by atoms with Gasteiger partial charge in [-0.3, -0.25) is 9.59 Å². The number of hydrogen-bond acceptors (Lipinski definition) is 5. The van der Waals surface area contributed by atoms with Crippen LogP contribution in [0.5, 0.6) is 0 Å². The lowest BCUT2D eigenvalue weighted by molar-refractivity contribution is -0.133. The molecule has 2 aliphatic rings. The van der Waals surface area contributed by atoms with Crippen LogP contribution in [0.25, 0.3) is 0 Å². The van der Waals surface area contributed by atoms with Crippen molar-refractivity contribution in [1.29, 1.82) is 0 Å². The summed E-state index contributed by atoms with van der Waals surface area (Å²) in [5.41, 5.74) is 0.581. The first-order valence-electron chi connectivity index (χ1n) is 7.61. The Morgan fingerprint density at radius 1 is 1.20 bits per heavy atom. The number of hydrazone groups is 1.